The van der Waals surface area contributed by atoms with Gasteiger partial charge in [-0.2, -0.15) is 0 Å². The number of halogens is 2. The van der Waals surface area contributed by atoms with Gasteiger partial charge in [0.2, 0.25) is 0 Å². The van der Waals surface area contributed by atoms with Gasteiger partial charge in [0.25, 0.3) is 5.91 Å². The van der Waals surface area contributed by atoms with E-state index in [1.165, 1.54) is 11.3 Å². The zero-order chi connectivity index (χ0) is 24.0. The molecule has 4 nitrogen and oxygen atoms in total. The minimum Gasteiger partial charge on any atom is -0.380 e. The second kappa shape index (κ2) is 12.3. The van der Waals surface area contributed by atoms with Gasteiger partial charge in [-0.15, -0.1) is 11.3 Å². The fourth-order valence-electron chi connectivity index (χ4n) is 4.60. The number of nitrogens with zero attached hydrogens (tertiary/aromatic N) is 2. The van der Waals surface area contributed by atoms with Crippen molar-refractivity contribution in [3.05, 3.63) is 45.5 Å². The van der Waals surface area contributed by atoms with Crippen molar-refractivity contribution < 1.29 is 13.9 Å². The normalized spacial score (nSPS) is 18.2. The number of thiophene rings is 1. The summed E-state index contributed by atoms with van der Waals surface area (Å²) in [5.74, 6) is 0.0610. The molecule has 1 aromatic carbocycles. The summed E-state index contributed by atoms with van der Waals surface area (Å²) in [6.45, 7) is 10.5. The van der Waals surface area contributed by atoms with Crippen LogP contribution in [0.1, 0.15) is 67.6 Å². The summed E-state index contributed by atoms with van der Waals surface area (Å²) in [6, 6.07) is 7.27. The lowest BCUT2D eigenvalue weighted by atomic mass is 9.88. The van der Waals surface area contributed by atoms with Gasteiger partial charge >= 0.3 is 0 Å². The van der Waals surface area contributed by atoms with Gasteiger partial charge in [-0.3, -0.25) is 4.79 Å². The van der Waals surface area contributed by atoms with Crippen LogP contribution >= 0.6 is 22.9 Å². The second-order valence-electron chi connectivity index (χ2n) is 8.64. The maximum Gasteiger partial charge on any atom is 0.265 e. The van der Waals surface area contributed by atoms with Gasteiger partial charge in [-0.1, -0.05) is 37.6 Å². The van der Waals surface area contributed by atoms with E-state index in [0.29, 0.717) is 9.90 Å². The van der Waals surface area contributed by atoms with Crippen molar-refractivity contribution >= 4 is 28.8 Å². The largest absolute Gasteiger partial charge is 0.380 e. The quantitative estimate of drug-likeness (QED) is 0.448. The molecule has 0 bridgehead atoms. The van der Waals surface area contributed by atoms with Crippen LogP contribution in [0.2, 0.25) is 5.02 Å². The Morgan fingerprint density at radius 2 is 1.85 bits per heavy atom. The molecule has 7 heteroatoms. The van der Waals surface area contributed by atoms with Crippen molar-refractivity contribution in [1.29, 1.82) is 0 Å². The van der Waals surface area contributed by atoms with Gasteiger partial charge in [-0.05, 0) is 74.9 Å². The number of carbonyl (C=O) groups is 1. The van der Waals surface area contributed by atoms with E-state index in [9.17, 15) is 4.79 Å². The Morgan fingerprint density at radius 1 is 1.18 bits per heavy atom. The van der Waals surface area contributed by atoms with Gasteiger partial charge in [-0.25, -0.2) is 4.39 Å². The molecule has 4 rings (SSSR count). The number of hydrogen-bond donors (Lipinski definition) is 0. The van der Waals surface area contributed by atoms with Crippen LogP contribution in [0.4, 0.5) is 4.39 Å². The number of ether oxygens (including phenoxy) is 1. The Bertz CT molecular complexity index is 921. The second-order valence-corrected chi connectivity index (χ2v) is 10.1. The Hall–Kier alpha value is -1.47. The van der Waals surface area contributed by atoms with Crippen molar-refractivity contribution in [1.82, 2.24) is 9.80 Å². The first-order chi connectivity index (χ1) is 16.0. The van der Waals surface area contributed by atoms with Crippen LogP contribution in [0, 0.1) is 5.82 Å². The van der Waals surface area contributed by atoms with Crippen molar-refractivity contribution in [3.8, 4) is 10.4 Å². The zero-order valence-corrected chi connectivity index (χ0v) is 21.8. The summed E-state index contributed by atoms with van der Waals surface area (Å²) < 4.78 is 20.4. The summed E-state index contributed by atoms with van der Waals surface area (Å²) in [5, 5.41) is 0.457. The van der Waals surface area contributed by atoms with Gasteiger partial charge < -0.3 is 14.5 Å². The lowest BCUT2D eigenvalue weighted by molar-refractivity contribution is 0.0673. The topological polar surface area (TPSA) is 32.8 Å². The molecule has 3 heterocycles. The van der Waals surface area contributed by atoms with E-state index in [0.717, 1.165) is 74.4 Å². The molecule has 1 unspecified atom stereocenters. The van der Waals surface area contributed by atoms with Gasteiger partial charge in [0.15, 0.2) is 0 Å². The van der Waals surface area contributed by atoms with Crippen molar-refractivity contribution in [2.45, 2.75) is 58.5 Å². The van der Waals surface area contributed by atoms with Crippen LogP contribution in [0.5, 0.6) is 0 Å². The standard InChI is InChI=1S/C24H30ClFN2O2S.C2H6/c1-16(30-2)15-27-11-7-17(8-12-27)19-6-5-18(13-21(19)26)22-14-20(25)23(31-22)24(29)28-9-3-4-10-28;1-2/h5-6,13-14,16-17H,3-4,7-12,15H2,1-2H3;1-2H3. The number of methoxy groups -OCH3 is 1. The average molecular weight is 495 g/mol. The predicted molar refractivity (Wildman–Crippen MR) is 136 cm³/mol. The molecule has 1 atom stereocenters. The summed E-state index contributed by atoms with van der Waals surface area (Å²) in [5.41, 5.74) is 1.57. The van der Waals surface area contributed by atoms with Crippen LogP contribution < -0.4 is 0 Å². The summed E-state index contributed by atoms with van der Waals surface area (Å²) in [4.78, 5) is 18.4. The number of amides is 1. The number of hydrogen-bond acceptors (Lipinski definition) is 4. The Labute approximate surface area is 206 Å². The fraction of sp³-hybridized carbons (Fsp3) is 0.577. The summed E-state index contributed by atoms with van der Waals surface area (Å²) >= 11 is 7.73. The molecular weight excluding hydrogens is 459 g/mol. The third-order valence-electron chi connectivity index (χ3n) is 6.50. The third-order valence-corrected chi connectivity index (χ3v) is 8.09. The molecular formula is C26H36ClFN2O2S. The van der Waals surface area contributed by atoms with E-state index in [1.807, 2.05) is 30.9 Å². The molecule has 33 heavy (non-hydrogen) atoms. The lowest BCUT2D eigenvalue weighted by Crippen LogP contribution is -2.38. The maximum absolute atomic E-state index is 15.1. The minimum absolute atomic E-state index is 0.00890. The van der Waals surface area contributed by atoms with Crippen LogP contribution in [0.25, 0.3) is 10.4 Å². The van der Waals surface area contributed by atoms with Gasteiger partial charge in [0.05, 0.1) is 11.1 Å². The van der Waals surface area contributed by atoms with Crippen molar-refractivity contribution in [3.63, 3.8) is 0 Å². The first-order valence-electron chi connectivity index (χ1n) is 12.1. The minimum atomic E-state index is -0.168. The van der Waals surface area contributed by atoms with Crippen LogP contribution in [-0.2, 0) is 4.74 Å². The average Bonchev–Trinajstić information content (AvgIpc) is 3.51. The van der Waals surface area contributed by atoms with Gasteiger partial charge in [0, 0.05) is 31.6 Å². The maximum atomic E-state index is 15.1. The lowest BCUT2D eigenvalue weighted by Gasteiger charge is -2.33. The zero-order valence-electron chi connectivity index (χ0n) is 20.2. The molecule has 0 N–H and O–H groups in total. The number of benzene rings is 1. The molecule has 2 aliphatic rings. The van der Waals surface area contributed by atoms with Gasteiger partial charge in [0.1, 0.15) is 10.7 Å². The van der Waals surface area contributed by atoms with E-state index >= 15 is 4.39 Å². The van der Waals surface area contributed by atoms with E-state index < -0.39 is 0 Å². The highest BCUT2D eigenvalue weighted by atomic mass is 35.5. The molecule has 0 saturated carbocycles. The van der Waals surface area contributed by atoms with E-state index in [2.05, 4.69) is 11.8 Å². The van der Waals surface area contributed by atoms with Crippen molar-refractivity contribution in [2.75, 3.05) is 39.8 Å². The molecule has 182 valence electrons. The molecule has 0 spiro atoms. The predicted octanol–water partition coefficient (Wildman–Crippen LogP) is 6.68. The number of rotatable bonds is 6. The summed E-state index contributed by atoms with van der Waals surface area (Å²) in [7, 11) is 1.74. The fourth-order valence-corrected chi connectivity index (χ4v) is 5.98. The molecule has 2 fully saturated rings. The van der Waals surface area contributed by atoms with Crippen LogP contribution in [0.3, 0.4) is 0 Å². The Kier molecular flexibility index (Phi) is 9.74. The van der Waals surface area contributed by atoms with E-state index in [1.54, 1.807) is 19.2 Å². The Balaban J connectivity index is 0.00000149. The number of likely N-dealkylation sites (tertiary alicyclic amines) is 2. The molecule has 1 aromatic heterocycles. The SMILES string of the molecule is CC.COC(C)CN1CCC(c2ccc(-c3cc(Cl)c(C(=O)N4CCCC4)s3)cc2F)CC1. The molecule has 0 radical (unpaired) electrons. The number of piperidine rings is 1. The van der Waals surface area contributed by atoms with E-state index in [4.69, 9.17) is 16.3 Å². The number of carbonyl (C=O) groups excluding carboxylic acids is 1. The van der Waals surface area contributed by atoms with E-state index in [-0.39, 0.29) is 23.7 Å². The molecule has 2 aromatic rings. The summed E-state index contributed by atoms with van der Waals surface area (Å²) in [6.07, 6.45) is 4.20. The highest BCUT2D eigenvalue weighted by Crippen LogP contribution is 2.38. The third kappa shape index (κ3) is 6.36. The van der Waals surface area contributed by atoms with Crippen molar-refractivity contribution in [2.24, 2.45) is 0 Å². The Morgan fingerprint density at radius 3 is 2.45 bits per heavy atom. The molecule has 1 amide bonds. The van der Waals surface area contributed by atoms with Crippen LogP contribution in [0.15, 0.2) is 24.3 Å². The highest BCUT2D eigenvalue weighted by Gasteiger charge is 2.26. The molecule has 0 aliphatic carbocycles. The molecule has 2 saturated heterocycles. The first kappa shape index (κ1) is 26.1. The first-order valence-corrected chi connectivity index (χ1v) is 13.3. The smallest absolute Gasteiger partial charge is 0.265 e. The highest BCUT2D eigenvalue weighted by molar-refractivity contribution is 7.18. The van der Waals surface area contributed by atoms with Crippen LogP contribution in [-0.4, -0.2) is 61.6 Å². The monoisotopic (exact) mass is 494 g/mol. The molecule has 2 aliphatic heterocycles.